The number of hydrogen-bond acceptors (Lipinski definition) is 3. The van der Waals surface area contributed by atoms with Gasteiger partial charge in [0.15, 0.2) is 0 Å². The van der Waals surface area contributed by atoms with E-state index in [0.29, 0.717) is 29.1 Å². The summed E-state index contributed by atoms with van der Waals surface area (Å²) in [4.78, 5) is 31.3. The molecule has 0 saturated carbocycles. The molecule has 2 aromatic heterocycles. The number of hydrogen-bond donors (Lipinski definition) is 3. The number of benzene rings is 2. The third kappa shape index (κ3) is 4.10. The van der Waals surface area contributed by atoms with Gasteiger partial charge in [-0.25, -0.2) is 0 Å². The number of methoxy groups -OCH3 is 1. The molecular formula is C25H25N3O3. The first-order chi connectivity index (χ1) is 15.1. The molecule has 0 radical (unpaired) electrons. The van der Waals surface area contributed by atoms with Crippen molar-refractivity contribution in [2.75, 3.05) is 13.7 Å². The van der Waals surface area contributed by atoms with E-state index in [9.17, 15) is 9.59 Å². The van der Waals surface area contributed by atoms with Gasteiger partial charge in [-0.15, -0.1) is 0 Å². The molecule has 0 bridgehead atoms. The maximum absolute atomic E-state index is 12.6. The Balaban J connectivity index is 1.92. The molecule has 0 aliphatic rings. The fourth-order valence-corrected chi connectivity index (χ4v) is 3.71. The Labute approximate surface area is 180 Å². The van der Waals surface area contributed by atoms with Crippen molar-refractivity contribution in [3.8, 4) is 28.1 Å². The zero-order valence-electron chi connectivity index (χ0n) is 17.6. The van der Waals surface area contributed by atoms with Crippen molar-refractivity contribution >= 4 is 16.8 Å². The second-order valence-corrected chi connectivity index (χ2v) is 7.39. The molecule has 2 aromatic carbocycles. The number of ether oxygens (including phenoxy) is 1. The molecule has 6 heteroatoms. The third-order valence-corrected chi connectivity index (χ3v) is 5.32. The number of carbonyl (C=O) groups excluding carboxylic acids is 1. The zero-order chi connectivity index (χ0) is 21.8. The van der Waals surface area contributed by atoms with Crippen LogP contribution in [0.5, 0.6) is 5.75 Å². The van der Waals surface area contributed by atoms with Gasteiger partial charge in [-0.1, -0.05) is 25.5 Å². The van der Waals surface area contributed by atoms with Crippen molar-refractivity contribution in [1.29, 1.82) is 0 Å². The van der Waals surface area contributed by atoms with Crippen LogP contribution in [0.15, 0.2) is 65.6 Å². The van der Waals surface area contributed by atoms with Gasteiger partial charge < -0.3 is 20.0 Å². The molecule has 0 aliphatic heterocycles. The summed E-state index contributed by atoms with van der Waals surface area (Å²) < 4.78 is 5.41. The predicted octanol–water partition coefficient (Wildman–Crippen LogP) is 4.73. The molecule has 1 amide bonds. The van der Waals surface area contributed by atoms with E-state index >= 15 is 0 Å². The lowest BCUT2D eigenvalue weighted by molar-refractivity contribution is 0.0953. The van der Waals surface area contributed by atoms with Crippen molar-refractivity contribution in [3.05, 3.63) is 76.7 Å². The molecule has 4 aromatic rings. The van der Waals surface area contributed by atoms with E-state index in [1.807, 2.05) is 36.4 Å². The van der Waals surface area contributed by atoms with Crippen molar-refractivity contribution in [3.63, 3.8) is 0 Å². The number of fused-ring (bicyclic) bond motifs is 1. The lowest BCUT2D eigenvalue weighted by atomic mass is 9.97. The van der Waals surface area contributed by atoms with Crippen molar-refractivity contribution in [2.45, 2.75) is 19.8 Å². The van der Waals surface area contributed by atoms with Crippen LogP contribution in [0, 0.1) is 0 Å². The van der Waals surface area contributed by atoms with Crippen LogP contribution in [0.3, 0.4) is 0 Å². The van der Waals surface area contributed by atoms with Crippen molar-refractivity contribution in [2.24, 2.45) is 0 Å². The van der Waals surface area contributed by atoms with Gasteiger partial charge in [-0.2, -0.15) is 0 Å². The molecule has 3 N–H and O–H groups in total. The Bertz CT molecular complexity index is 1290. The molecule has 0 saturated heterocycles. The largest absolute Gasteiger partial charge is 0.497 e. The number of rotatable bonds is 7. The van der Waals surface area contributed by atoms with Crippen LogP contribution in [0.2, 0.25) is 0 Å². The molecule has 0 atom stereocenters. The number of amides is 1. The highest BCUT2D eigenvalue weighted by Gasteiger charge is 2.19. The molecule has 0 fully saturated rings. The first kappa shape index (κ1) is 20.5. The van der Waals surface area contributed by atoms with Crippen LogP contribution < -0.4 is 15.6 Å². The molecule has 4 rings (SSSR count). The van der Waals surface area contributed by atoms with Gasteiger partial charge >= 0.3 is 0 Å². The summed E-state index contributed by atoms with van der Waals surface area (Å²) in [5, 5.41) is 3.84. The first-order valence-corrected chi connectivity index (χ1v) is 10.4. The minimum Gasteiger partial charge on any atom is -0.497 e. The Kier molecular flexibility index (Phi) is 5.89. The second-order valence-electron chi connectivity index (χ2n) is 7.39. The summed E-state index contributed by atoms with van der Waals surface area (Å²) >= 11 is 0. The smallest absolute Gasteiger partial charge is 0.257 e. The Morgan fingerprint density at radius 1 is 1.10 bits per heavy atom. The number of aromatic nitrogens is 2. The van der Waals surface area contributed by atoms with Crippen LogP contribution >= 0.6 is 0 Å². The van der Waals surface area contributed by atoms with Gasteiger partial charge in [0, 0.05) is 34.8 Å². The number of H-pyrrole nitrogens is 2. The summed E-state index contributed by atoms with van der Waals surface area (Å²) in [5.41, 5.74) is 4.23. The normalized spacial score (nSPS) is 10.9. The van der Waals surface area contributed by atoms with Gasteiger partial charge in [0.2, 0.25) is 0 Å². The topological polar surface area (TPSA) is 87.0 Å². The number of aromatic amines is 2. The Morgan fingerprint density at radius 3 is 2.74 bits per heavy atom. The molecule has 0 unspecified atom stereocenters. The van der Waals surface area contributed by atoms with E-state index in [4.69, 9.17) is 4.74 Å². The van der Waals surface area contributed by atoms with Crippen LogP contribution in [0.1, 0.15) is 30.1 Å². The zero-order valence-corrected chi connectivity index (χ0v) is 17.6. The summed E-state index contributed by atoms with van der Waals surface area (Å²) in [5.74, 6) is 0.612. The van der Waals surface area contributed by atoms with E-state index in [2.05, 4.69) is 22.2 Å². The molecule has 0 aliphatic carbocycles. The van der Waals surface area contributed by atoms with E-state index in [1.165, 1.54) is 0 Å². The maximum atomic E-state index is 12.6. The van der Waals surface area contributed by atoms with Crippen LogP contribution in [0.25, 0.3) is 33.3 Å². The predicted molar refractivity (Wildman–Crippen MR) is 124 cm³/mol. The van der Waals surface area contributed by atoms with E-state index in [1.54, 1.807) is 31.5 Å². The molecular weight excluding hydrogens is 390 g/mol. The number of pyridine rings is 1. The Hall–Kier alpha value is -3.80. The number of nitrogens with one attached hydrogen (secondary N) is 3. The number of unbranched alkanes of at least 4 members (excludes halogenated alkanes) is 1. The molecule has 0 spiro atoms. The molecule has 31 heavy (non-hydrogen) atoms. The van der Waals surface area contributed by atoms with Gasteiger partial charge in [0.05, 0.1) is 18.4 Å². The molecule has 2 heterocycles. The maximum Gasteiger partial charge on any atom is 0.257 e. The average molecular weight is 415 g/mol. The highest BCUT2D eigenvalue weighted by molar-refractivity contribution is 6.07. The van der Waals surface area contributed by atoms with Crippen LogP contribution in [-0.4, -0.2) is 29.5 Å². The van der Waals surface area contributed by atoms with Crippen LogP contribution in [-0.2, 0) is 0 Å². The quantitative estimate of drug-likeness (QED) is 0.381. The molecule has 6 nitrogen and oxygen atoms in total. The summed E-state index contributed by atoms with van der Waals surface area (Å²) in [6.45, 7) is 2.74. The van der Waals surface area contributed by atoms with Crippen LogP contribution in [0.4, 0.5) is 0 Å². The lowest BCUT2D eigenvalue weighted by Gasteiger charge is -2.08. The van der Waals surface area contributed by atoms with Gasteiger partial charge in [-0.3, -0.25) is 9.59 Å². The summed E-state index contributed by atoms with van der Waals surface area (Å²) in [6.07, 6.45) is 3.57. The third-order valence-electron chi connectivity index (χ3n) is 5.32. The lowest BCUT2D eigenvalue weighted by Crippen LogP contribution is -2.24. The minimum absolute atomic E-state index is 0.104. The fraction of sp³-hybridized carbons (Fsp3) is 0.200. The SMILES string of the molecule is CCCCNC(=O)c1ccc2[nH]c(-c3ccc[nH]c3=O)c(-c3cccc(OC)c3)c2c1. The minimum atomic E-state index is -0.185. The van der Waals surface area contributed by atoms with Gasteiger partial charge in [-0.05, 0) is 54.4 Å². The second kappa shape index (κ2) is 8.92. The monoisotopic (exact) mass is 415 g/mol. The molecule has 158 valence electrons. The van der Waals surface area contributed by atoms with Crippen molar-refractivity contribution in [1.82, 2.24) is 15.3 Å². The first-order valence-electron chi connectivity index (χ1n) is 10.4. The fourth-order valence-electron chi connectivity index (χ4n) is 3.71. The van der Waals surface area contributed by atoms with E-state index in [-0.39, 0.29) is 11.5 Å². The summed E-state index contributed by atoms with van der Waals surface area (Å²) in [7, 11) is 1.62. The van der Waals surface area contributed by atoms with Gasteiger partial charge in [0.25, 0.3) is 11.5 Å². The van der Waals surface area contributed by atoms with E-state index < -0.39 is 0 Å². The van der Waals surface area contributed by atoms with E-state index in [0.717, 1.165) is 34.9 Å². The summed E-state index contributed by atoms with van der Waals surface area (Å²) in [6, 6.07) is 16.8. The van der Waals surface area contributed by atoms with Crippen molar-refractivity contribution < 1.29 is 9.53 Å². The number of carbonyl (C=O) groups is 1. The average Bonchev–Trinajstić information content (AvgIpc) is 3.18. The standard InChI is InChI=1S/C25H25N3O3/c1-3-4-12-26-24(29)17-10-11-21-20(15-17)22(16-7-5-8-18(14-16)31-2)23(28-21)19-9-6-13-27-25(19)30/h5-11,13-15,28H,3-4,12H2,1-2H3,(H,26,29)(H,27,30). The van der Waals surface area contributed by atoms with Gasteiger partial charge in [0.1, 0.15) is 5.75 Å². The Morgan fingerprint density at radius 2 is 1.97 bits per heavy atom. The highest BCUT2D eigenvalue weighted by atomic mass is 16.5. The highest BCUT2D eigenvalue weighted by Crippen LogP contribution is 2.38.